The lowest BCUT2D eigenvalue weighted by Gasteiger charge is -2.21. The zero-order chi connectivity index (χ0) is 32.3. The molecule has 0 aliphatic carbocycles. The normalized spacial score (nSPS) is 14.5. The molecule has 1 aliphatic rings. The number of carbonyl (C=O) groups excluding carboxylic acids is 2. The quantitative estimate of drug-likeness (QED) is 0.153. The second kappa shape index (κ2) is 13.0. The van der Waals surface area contributed by atoms with Gasteiger partial charge in [0.05, 0.1) is 36.8 Å². The van der Waals surface area contributed by atoms with E-state index >= 15 is 0 Å². The summed E-state index contributed by atoms with van der Waals surface area (Å²) in [5, 5.41) is 0. The summed E-state index contributed by atoms with van der Waals surface area (Å²) in [7, 11) is -1.10. The Morgan fingerprint density at radius 1 is 0.844 bits per heavy atom. The Labute approximate surface area is 263 Å². The Morgan fingerprint density at radius 2 is 1.47 bits per heavy atom. The standard InChI is InChI=1S/C35H34N2O7S/c1-23-6-10-26(11-7-23)21-36(45(40,41)31-18-8-24(2)9-19-31)22-30-17-16-29(44-30)20-32-33(35(39)43-5)25(3)37(34(32)38)27-12-14-28(42-4)15-13-27/h6-20H,21-22H2,1-5H3/b32-20+. The third kappa shape index (κ3) is 6.62. The first-order valence-corrected chi connectivity index (χ1v) is 15.7. The van der Waals surface area contributed by atoms with E-state index in [4.69, 9.17) is 13.9 Å². The van der Waals surface area contributed by atoms with Gasteiger partial charge in [0.1, 0.15) is 17.3 Å². The number of allylic oxidation sites excluding steroid dienone is 1. The molecule has 0 atom stereocenters. The Morgan fingerprint density at radius 3 is 2.07 bits per heavy atom. The molecule has 5 rings (SSSR count). The van der Waals surface area contributed by atoms with Crippen molar-refractivity contribution >= 4 is 33.7 Å². The first kappa shape index (κ1) is 31.5. The van der Waals surface area contributed by atoms with Crippen molar-refractivity contribution in [2.75, 3.05) is 19.1 Å². The van der Waals surface area contributed by atoms with Crippen molar-refractivity contribution in [1.82, 2.24) is 4.31 Å². The number of anilines is 1. The predicted molar refractivity (Wildman–Crippen MR) is 171 cm³/mol. The van der Waals surface area contributed by atoms with Crippen LogP contribution in [-0.4, -0.2) is 38.8 Å². The number of aryl methyl sites for hydroxylation is 2. The zero-order valence-corrected chi connectivity index (χ0v) is 26.6. The highest BCUT2D eigenvalue weighted by Gasteiger charge is 2.38. The lowest BCUT2D eigenvalue weighted by atomic mass is 10.1. The number of furan rings is 1. The number of methoxy groups -OCH3 is 2. The summed E-state index contributed by atoms with van der Waals surface area (Å²) in [6.45, 7) is 5.60. The van der Waals surface area contributed by atoms with Crippen molar-refractivity contribution in [2.24, 2.45) is 0 Å². The first-order chi connectivity index (χ1) is 21.5. The molecule has 1 amide bonds. The van der Waals surface area contributed by atoms with Crippen molar-refractivity contribution in [3.8, 4) is 5.75 Å². The van der Waals surface area contributed by atoms with Crippen molar-refractivity contribution in [3.05, 3.63) is 130 Å². The van der Waals surface area contributed by atoms with Gasteiger partial charge in [0, 0.05) is 17.9 Å². The van der Waals surface area contributed by atoms with E-state index in [-0.39, 0.29) is 34.9 Å². The van der Waals surface area contributed by atoms with Gasteiger partial charge in [-0.05, 0) is 80.9 Å². The second-order valence-corrected chi connectivity index (χ2v) is 12.7. The molecule has 0 bridgehead atoms. The number of nitrogens with zero attached hydrogens (tertiary/aromatic N) is 2. The third-order valence-corrected chi connectivity index (χ3v) is 9.37. The summed E-state index contributed by atoms with van der Waals surface area (Å²) >= 11 is 0. The molecule has 4 aromatic rings. The minimum absolute atomic E-state index is 0.0576. The maximum absolute atomic E-state index is 13.8. The van der Waals surface area contributed by atoms with Gasteiger partial charge in [-0.25, -0.2) is 13.2 Å². The molecule has 9 nitrogen and oxygen atoms in total. The van der Waals surface area contributed by atoms with Crippen molar-refractivity contribution < 1.29 is 31.9 Å². The van der Waals surface area contributed by atoms with Crippen LogP contribution in [0, 0.1) is 13.8 Å². The number of carbonyl (C=O) groups is 2. The molecule has 0 fully saturated rings. The SMILES string of the molecule is COC(=O)C1=C(C)N(c2ccc(OC)cc2)C(=O)/C1=C/c1ccc(CN(Cc2ccc(C)cc2)S(=O)(=O)c2ccc(C)cc2)o1. The molecule has 0 radical (unpaired) electrons. The van der Waals surface area contributed by atoms with Crippen LogP contribution in [0.2, 0.25) is 0 Å². The Hall–Kier alpha value is -4.93. The van der Waals surface area contributed by atoms with E-state index < -0.39 is 21.9 Å². The number of hydrogen-bond donors (Lipinski definition) is 0. The highest BCUT2D eigenvalue weighted by Crippen LogP contribution is 2.36. The van der Waals surface area contributed by atoms with Gasteiger partial charge in [-0.1, -0.05) is 47.5 Å². The summed E-state index contributed by atoms with van der Waals surface area (Å²) in [6.07, 6.45) is 1.48. The number of hydrogen-bond acceptors (Lipinski definition) is 7. The van der Waals surface area contributed by atoms with Crippen LogP contribution in [0.15, 0.2) is 111 Å². The lowest BCUT2D eigenvalue weighted by Crippen LogP contribution is -2.30. The fraction of sp³-hybridized carbons (Fsp3) is 0.200. The van der Waals surface area contributed by atoms with E-state index in [1.807, 2.05) is 38.1 Å². The van der Waals surface area contributed by atoms with Crippen LogP contribution in [0.3, 0.4) is 0 Å². The first-order valence-electron chi connectivity index (χ1n) is 14.2. The molecule has 1 aliphatic heterocycles. The van der Waals surface area contributed by atoms with Crippen LogP contribution in [-0.2, 0) is 37.4 Å². The van der Waals surface area contributed by atoms with Crippen molar-refractivity contribution in [1.29, 1.82) is 0 Å². The molecule has 10 heteroatoms. The van der Waals surface area contributed by atoms with Crippen LogP contribution in [0.5, 0.6) is 5.75 Å². The van der Waals surface area contributed by atoms with Gasteiger partial charge in [0.2, 0.25) is 10.0 Å². The highest BCUT2D eigenvalue weighted by molar-refractivity contribution is 7.89. The minimum atomic E-state index is -3.90. The van der Waals surface area contributed by atoms with Gasteiger partial charge < -0.3 is 13.9 Å². The Balaban J connectivity index is 1.47. The van der Waals surface area contributed by atoms with Gasteiger partial charge in [-0.3, -0.25) is 9.69 Å². The average molecular weight is 627 g/mol. The molecule has 0 N–H and O–H groups in total. The van der Waals surface area contributed by atoms with E-state index in [0.717, 1.165) is 16.7 Å². The molecule has 2 heterocycles. The topological polar surface area (TPSA) is 106 Å². The van der Waals surface area contributed by atoms with Crippen LogP contribution in [0.4, 0.5) is 5.69 Å². The van der Waals surface area contributed by atoms with E-state index in [9.17, 15) is 18.0 Å². The predicted octanol–water partition coefficient (Wildman–Crippen LogP) is 6.17. The summed E-state index contributed by atoms with van der Waals surface area (Å²) in [5.74, 6) is 0.173. The van der Waals surface area contributed by atoms with Crippen LogP contribution in [0.25, 0.3) is 6.08 Å². The van der Waals surface area contributed by atoms with Gasteiger partial charge in [-0.15, -0.1) is 0 Å². The summed E-state index contributed by atoms with van der Waals surface area (Å²) in [4.78, 5) is 28.1. The molecule has 0 saturated carbocycles. The number of amides is 1. The van der Waals surface area contributed by atoms with Gasteiger partial charge in [0.25, 0.3) is 5.91 Å². The zero-order valence-electron chi connectivity index (χ0n) is 25.7. The molecular formula is C35H34N2O7S. The molecule has 45 heavy (non-hydrogen) atoms. The fourth-order valence-corrected chi connectivity index (χ4v) is 6.47. The van der Waals surface area contributed by atoms with Gasteiger partial charge in [0.15, 0.2) is 0 Å². The maximum Gasteiger partial charge on any atom is 0.340 e. The number of esters is 1. The molecule has 232 valence electrons. The molecule has 0 unspecified atom stereocenters. The van der Waals surface area contributed by atoms with Crippen LogP contribution < -0.4 is 9.64 Å². The molecule has 3 aromatic carbocycles. The maximum atomic E-state index is 13.8. The highest BCUT2D eigenvalue weighted by atomic mass is 32.2. The van der Waals surface area contributed by atoms with Crippen molar-refractivity contribution in [3.63, 3.8) is 0 Å². The van der Waals surface area contributed by atoms with Crippen LogP contribution in [0.1, 0.15) is 35.1 Å². The third-order valence-electron chi connectivity index (χ3n) is 7.56. The Kier molecular flexibility index (Phi) is 9.08. The Bertz CT molecular complexity index is 1890. The lowest BCUT2D eigenvalue weighted by molar-refractivity contribution is -0.136. The van der Waals surface area contributed by atoms with E-state index in [0.29, 0.717) is 22.9 Å². The van der Waals surface area contributed by atoms with E-state index in [2.05, 4.69) is 0 Å². The minimum Gasteiger partial charge on any atom is -0.497 e. The molecule has 0 spiro atoms. The number of benzene rings is 3. The number of ether oxygens (including phenoxy) is 2. The smallest absolute Gasteiger partial charge is 0.340 e. The van der Waals surface area contributed by atoms with Gasteiger partial charge in [-0.2, -0.15) is 4.31 Å². The van der Waals surface area contributed by atoms with E-state index in [1.165, 1.54) is 22.4 Å². The van der Waals surface area contributed by atoms with E-state index in [1.54, 1.807) is 74.7 Å². The molecular weight excluding hydrogens is 592 g/mol. The summed E-state index contributed by atoms with van der Waals surface area (Å²) in [5.41, 5.74) is 4.01. The summed E-state index contributed by atoms with van der Waals surface area (Å²) in [6, 6.07) is 24.6. The van der Waals surface area contributed by atoms with Gasteiger partial charge >= 0.3 is 5.97 Å². The summed E-state index contributed by atoms with van der Waals surface area (Å²) < 4.78 is 45.3. The monoisotopic (exact) mass is 626 g/mol. The number of rotatable bonds is 10. The van der Waals surface area contributed by atoms with Crippen molar-refractivity contribution in [2.45, 2.75) is 38.8 Å². The second-order valence-electron chi connectivity index (χ2n) is 10.7. The average Bonchev–Trinajstić information content (AvgIpc) is 3.58. The molecule has 1 aromatic heterocycles. The molecule has 0 saturated heterocycles. The fourth-order valence-electron chi connectivity index (χ4n) is 5.08. The van der Waals surface area contributed by atoms with Crippen LogP contribution >= 0.6 is 0 Å². The largest absolute Gasteiger partial charge is 0.497 e. The number of sulfonamides is 1.